The molecule has 1 aromatic rings. The van der Waals surface area contributed by atoms with Crippen LogP contribution in [0.1, 0.15) is 18.5 Å². The molecule has 90 valence electrons. The van der Waals surface area contributed by atoms with Crippen molar-refractivity contribution in [3.63, 3.8) is 0 Å². The number of aromatic nitrogens is 2. The predicted octanol–water partition coefficient (Wildman–Crippen LogP) is 3.04. The van der Waals surface area contributed by atoms with Gasteiger partial charge >= 0.3 is 0 Å². The van der Waals surface area contributed by atoms with E-state index in [2.05, 4.69) is 21.0 Å². The van der Waals surface area contributed by atoms with Gasteiger partial charge < -0.3 is 4.74 Å². The zero-order valence-corrected chi connectivity index (χ0v) is 11.7. The molecule has 5 heteroatoms. The van der Waals surface area contributed by atoms with Crippen molar-refractivity contribution in [1.29, 1.82) is 0 Å². The average molecular weight is 308 g/mol. The molecule has 0 amide bonds. The van der Waals surface area contributed by atoms with Gasteiger partial charge in [-0.3, -0.25) is 4.68 Å². The zero-order valence-electron chi connectivity index (χ0n) is 9.38. The van der Waals surface area contributed by atoms with Crippen LogP contribution in [0.5, 0.6) is 0 Å². The Morgan fingerprint density at radius 1 is 1.56 bits per heavy atom. The standard InChI is InChI=1S/C11H16BrClN2O/c1-9-10(13)6-14-15(9)8-11(7-12)2-4-16-5-3-11/h6H,2-5,7-8H2,1H3. The fourth-order valence-electron chi connectivity index (χ4n) is 2.04. The number of hydrogen-bond donors (Lipinski definition) is 0. The van der Waals surface area contributed by atoms with Crippen molar-refractivity contribution in [3.05, 3.63) is 16.9 Å². The van der Waals surface area contributed by atoms with E-state index in [1.54, 1.807) is 6.20 Å². The first kappa shape index (κ1) is 12.4. The van der Waals surface area contributed by atoms with Crippen molar-refractivity contribution in [1.82, 2.24) is 9.78 Å². The third-order valence-corrected chi connectivity index (χ3v) is 4.93. The maximum atomic E-state index is 6.02. The van der Waals surface area contributed by atoms with Gasteiger partial charge in [0.25, 0.3) is 0 Å². The van der Waals surface area contributed by atoms with Crippen LogP contribution < -0.4 is 0 Å². The van der Waals surface area contributed by atoms with Crippen molar-refractivity contribution in [3.8, 4) is 0 Å². The first-order chi connectivity index (χ1) is 7.67. The second-order valence-corrected chi connectivity index (χ2v) is 5.45. The highest BCUT2D eigenvalue weighted by Crippen LogP contribution is 2.34. The molecule has 0 N–H and O–H groups in total. The normalized spacial score (nSPS) is 19.9. The fourth-order valence-corrected chi connectivity index (χ4v) is 2.92. The van der Waals surface area contributed by atoms with E-state index in [4.69, 9.17) is 16.3 Å². The number of alkyl halides is 1. The summed E-state index contributed by atoms with van der Waals surface area (Å²) in [6, 6.07) is 0. The summed E-state index contributed by atoms with van der Waals surface area (Å²) in [6.45, 7) is 4.62. The smallest absolute Gasteiger partial charge is 0.0814 e. The molecule has 1 aromatic heterocycles. The topological polar surface area (TPSA) is 27.1 Å². The highest BCUT2D eigenvalue weighted by atomic mass is 79.9. The van der Waals surface area contributed by atoms with Crippen LogP contribution in [0, 0.1) is 12.3 Å². The Hall–Kier alpha value is -0.0600. The second-order valence-electron chi connectivity index (χ2n) is 4.48. The summed E-state index contributed by atoms with van der Waals surface area (Å²) in [4.78, 5) is 0. The van der Waals surface area contributed by atoms with Crippen LogP contribution in [0.25, 0.3) is 0 Å². The Balaban J connectivity index is 2.14. The third-order valence-electron chi connectivity index (χ3n) is 3.37. The molecule has 3 nitrogen and oxygen atoms in total. The van der Waals surface area contributed by atoms with Crippen LogP contribution in [0.4, 0.5) is 0 Å². The van der Waals surface area contributed by atoms with Crippen molar-refractivity contribution < 1.29 is 4.74 Å². The molecule has 0 radical (unpaired) electrons. The second kappa shape index (κ2) is 5.07. The summed E-state index contributed by atoms with van der Waals surface area (Å²) in [5.74, 6) is 0. The molecule has 1 fully saturated rings. The van der Waals surface area contributed by atoms with E-state index >= 15 is 0 Å². The summed E-state index contributed by atoms with van der Waals surface area (Å²) in [7, 11) is 0. The maximum Gasteiger partial charge on any atom is 0.0814 e. The van der Waals surface area contributed by atoms with Gasteiger partial charge in [-0.1, -0.05) is 27.5 Å². The fraction of sp³-hybridized carbons (Fsp3) is 0.727. The van der Waals surface area contributed by atoms with E-state index < -0.39 is 0 Å². The van der Waals surface area contributed by atoms with E-state index in [-0.39, 0.29) is 5.41 Å². The summed E-state index contributed by atoms with van der Waals surface area (Å²) < 4.78 is 7.43. The molecule has 0 aliphatic carbocycles. The molecule has 0 unspecified atom stereocenters. The quantitative estimate of drug-likeness (QED) is 0.803. The first-order valence-electron chi connectivity index (χ1n) is 5.48. The lowest BCUT2D eigenvalue weighted by Gasteiger charge is -2.35. The molecule has 0 aromatic carbocycles. The molecule has 2 rings (SSSR count). The number of hydrogen-bond acceptors (Lipinski definition) is 2. The highest BCUT2D eigenvalue weighted by molar-refractivity contribution is 9.09. The minimum Gasteiger partial charge on any atom is -0.381 e. The van der Waals surface area contributed by atoms with Crippen LogP contribution in [0.2, 0.25) is 5.02 Å². The Morgan fingerprint density at radius 3 is 2.75 bits per heavy atom. The van der Waals surface area contributed by atoms with Crippen molar-refractivity contribution in [2.45, 2.75) is 26.3 Å². The Bertz CT molecular complexity index is 361. The lowest BCUT2D eigenvalue weighted by Crippen LogP contribution is -2.35. The molecule has 0 bridgehead atoms. The molecule has 1 aliphatic rings. The predicted molar refractivity (Wildman–Crippen MR) is 68.3 cm³/mol. The average Bonchev–Trinajstić information content (AvgIpc) is 2.62. The van der Waals surface area contributed by atoms with Gasteiger partial charge in [0.15, 0.2) is 0 Å². The molecule has 0 saturated carbocycles. The van der Waals surface area contributed by atoms with E-state index in [1.807, 2.05) is 11.6 Å². The van der Waals surface area contributed by atoms with Crippen LogP contribution in [-0.2, 0) is 11.3 Å². The number of rotatable bonds is 3. The number of halogens is 2. The monoisotopic (exact) mass is 306 g/mol. The zero-order chi connectivity index (χ0) is 11.6. The van der Waals surface area contributed by atoms with Gasteiger partial charge in [0.2, 0.25) is 0 Å². The van der Waals surface area contributed by atoms with Crippen molar-refractivity contribution in [2.75, 3.05) is 18.5 Å². The van der Waals surface area contributed by atoms with E-state index in [0.29, 0.717) is 0 Å². The summed E-state index contributed by atoms with van der Waals surface area (Å²) >= 11 is 9.64. The lowest BCUT2D eigenvalue weighted by molar-refractivity contribution is 0.0167. The van der Waals surface area contributed by atoms with Gasteiger partial charge in [0.1, 0.15) is 0 Å². The molecule has 0 spiro atoms. The van der Waals surface area contributed by atoms with Crippen LogP contribution in [0.15, 0.2) is 6.20 Å². The molecule has 1 saturated heterocycles. The van der Waals surface area contributed by atoms with Gasteiger partial charge in [-0.25, -0.2) is 0 Å². The molecule has 1 aliphatic heterocycles. The Kier molecular flexibility index (Phi) is 3.93. The molecule has 2 heterocycles. The van der Waals surface area contributed by atoms with Crippen molar-refractivity contribution in [2.24, 2.45) is 5.41 Å². The van der Waals surface area contributed by atoms with Crippen LogP contribution >= 0.6 is 27.5 Å². The SMILES string of the molecule is Cc1c(Cl)cnn1CC1(CBr)CCOCC1. The van der Waals surface area contributed by atoms with Gasteiger partial charge in [-0.05, 0) is 19.8 Å². The number of nitrogens with zero attached hydrogens (tertiary/aromatic N) is 2. The van der Waals surface area contributed by atoms with E-state index in [9.17, 15) is 0 Å². The largest absolute Gasteiger partial charge is 0.381 e. The minimum absolute atomic E-state index is 0.262. The summed E-state index contributed by atoms with van der Waals surface area (Å²) in [5.41, 5.74) is 1.31. The van der Waals surface area contributed by atoms with Gasteiger partial charge in [0.05, 0.1) is 16.9 Å². The Labute approximate surface area is 109 Å². The van der Waals surface area contributed by atoms with E-state index in [0.717, 1.165) is 48.6 Å². The Morgan fingerprint density at radius 2 is 2.25 bits per heavy atom. The molecular weight excluding hydrogens is 291 g/mol. The van der Waals surface area contributed by atoms with Crippen molar-refractivity contribution >= 4 is 27.5 Å². The number of ether oxygens (including phenoxy) is 1. The van der Waals surface area contributed by atoms with E-state index in [1.165, 1.54) is 0 Å². The van der Waals surface area contributed by atoms with Gasteiger partial charge in [-0.15, -0.1) is 0 Å². The van der Waals surface area contributed by atoms with Gasteiger partial charge in [0, 0.05) is 30.5 Å². The minimum atomic E-state index is 0.262. The highest BCUT2D eigenvalue weighted by Gasteiger charge is 2.32. The third kappa shape index (κ3) is 2.44. The maximum absolute atomic E-state index is 6.02. The molecule has 16 heavy (non-hydrogen) atoms. The summed E-state index contributed by atoms with van der Waals surface area (Å²) in [6.07, 6.45) is 3.88. The molecular formula is C11H16BrClN2O. The summed E-state index contributed by atoms with van der Waals surface area (Å²) in [5, 5.41) is 6.06. The van der Waals surface area contributed by atoms with Crippen LogP contribution in [-0.4, -0.2) is 28.3 Å². The first-order valence-corrected chi connectivity index (χ1v) is 6.98. The lowest BCUT2D eigenvalue weighted by atomic mass is 9.82. The van der Waals surface area contributed by atoms with Crippen LogP contribution in [0.3, 0.4) is 0 Å². The van der Waals surface area contributed by atoms with Gasteiger partial charge in [-0.2, -0.15) is 5.10 Å². The molecule has 0 atom stereocenters.